The Bertz CT molecular complexity index is 1160. The van der Waals surface area contributed by atoms with Gasteiger partial charge in [0.25, 0.3) is 0 Å². The third-order valence-electron chi connectivity index (χ3n) is 8.53. The summed E-state index contributed by atoms with van der Waals surface area (Å²) in [6.07, 6.45) is 21.1. The molecule has 1 aromatic rings. The second-order valence-corrected chi connectivity index (χ2v) is 14.1. The van der Waals surface area contributed by atoms with Crippen molar-refractivity contribution >= 4 is 5.71 Å². The smallest absolute Gasteiger partial charge is 0.0447 e. The van der Waals surface area contributed by atoms with Crippen molar-refractivity contribution in [3.63, 3.8) is 0 Å². The molecule has 1 saturated carbocycles. The summed E-state index contributed by atoms with van der Waals surface area (Å²) in [5, 5.41) is 0. The standard InChI is InChI=1S/C25H39N.C10H15N.C5H10.C4H8/c1-5-12-23(13-6-2)25(26-4)24-17-11-10-16-22(24)19-18-20(7-3)21-14-8-9-15-21;1-8-5-4-6-9(7-8)10(2,3)11;1-4-5(2)3;1-4(2)3/h16-17,21,23H,3,5-6,8-15,18-19H2,1-2,4H3;4-7H,11H2,1-3H3;2,4H2,1,3H3;1H2,2-3H3. The van der Waals surface area contributed by atoms with Crippen LogP contribution in [0.25, 0.3) is 0 Å². The van der Waals surface area contributed by atoms with Gasteiger partial charge in [0.1, 0.15) is 0 Å². The van der Waals surface area contributed by atoms with Crippen LogP contribution in [0.1, 0.15) is 150 Å². The molecule has 1 fully saturated rings. The van der Waals surface area contributed by atoms with Crippen molar-refractivity contribution in [2.24, 2.45) is 22.6 Å². The zero-order valence-corrected chi connectivity index (χ0v) is 32.0. The van der Waals surface area contributed by atoms with E-state index in [9.17, 15) is 0 Å². The fourth-order valence-corrected chi connectivity index (χ4v) is 5.90. The average Bonchev–Trinajstić information content (AvgIpc) is 3.54. The lowest BCUT2D eigenvalue weighted by Crippen LogP contribution is -2.28. The van der Waals surface area contributed by atoms with Crippen LogP contribution in [0.15, 0.2) is 94.7 Å². The first-order valence-corrected chi connectivity index (χ1v) is 18.1. The van der Waals surface area contributed by atoms with Gasteiger partial charge in [0.2, 0.25) is 0 Å². The molecule has 2 N–H and O–H groups in total. The molecule has 2 heteroatoms. The minimum absolute atomic E-state index is 0.216. The molecule has 2 aliphatic carbocycles. The Balaban J connectivity index is 0.000000825. The summed E-state index contributed by atoms with van der Waals surface area (Å²) in [4.78, 5) is 4.80. The highest BCUT2D eigenvalue weighted by Crippen LogP contribution is 2.36. The topological polar surface area (TPSA) is 38.4 Å². The minimum Gasteiger partial charge on any atom is -0.322 e. The van der Waals surface area contributed by atoms with Gasteiger partial charge in [0, 0.05) is 24.2 Å². The average molecular weight is 629 g/mol. The Morgan fingerprint density at radius 3 is 1.96 bits per heavy atom. The van der Waals surface area contributed by atoms with Crippen LogP contribution in [0.5, 0.6) is 0 Å². The Morgan fingerprint density at radius 2 is 1.54 bits per heavy atom. The van der Waals surface area contributed by atoms with Crippen molar-refractivity contribution in [2.75, 3.05) is 7.05 Å². The van der Waals surface area contributed by atoms with E-state index in [2.05, 4.69) is 83.5 Å². The number of nitrogens with two attached hydrogens (primary N) is 1. The summed E-state index contributed by atoms with van der Waals surface area (Å²) in [7, 11) is 1.99. The Kier molecular flexibility index (Phi) is 23.1. The molecule has 0 atom stereocenters. The number of nitrogens with zero attached hydrogens (tertiary/aromatic N) is 1. The van der Waals surface area contributed by atoms with Crippen molar-refractivity contribution < 1.29 is 0 Å². The van der Waals surface area contributed by atoms with Crippen molar-refractivity contribution in [1.29, 1.82) is 0 Å². The maximum Gasteiger partial charge on any atom is 0.0447 e. The highest BCUT2D eigenvalue weighted by Gasteiger charge is 2.24. The van der Waals surface area contributed by atoms with Gasteiger partial charge >= 0.3 is 0 Å². The van der Waals surface area contributed by atoms with E-state index in [0.717, 1.165) is 31.6 Å². The van der Waals surface area contributed by atoms with Crippen LogP contribution in [0.2, 0.25) is 0 Å². The maximum absolute atomic E-state index is 5.93. The Morgan fingerprint density at radius 1 is 1.00 bits per heavy atom. The molecule has 258 valence electrons. The number of rotatable bonds is 12. The van der Waals surface area contributed by atoms with Gasteiger partial charge in [-0.25, -0.2) is 0 Å². The second-order valence-electron chi connectivity index (χ2n) is 14.1. The first-order chi connectivity index (χ1) is 21.7. The lowest BCUT2D eigenvalue weighted by Gasteiger charge is -2.25. The zero-order chi connectivity index (χ0) is 35.1. The van der Waals surface area contributed by atoms with Crippen molar-refractivity contribution in [3.8, 4) is 0 Å². The number of hydrogen-bond donors (Lipinski definition) is 1. The van der Waals surface area contributed by atoms with E-state index in [1.807, 2.05) is 47.7 Å². The normalized spacial score (nSPS) is 14.7. The predicted octanol–water partition coefficient (Wildman–Crippen LogP) is 13.3. The van der Waals surface area contributed by atoms with E-state index in [4.69, 9.17) is 10.7 Å². The molecule has 0 aliphatic heterocycles. The summed E-state index contributed by atoms with van der Waals surface area (Å²) >= 11 is 0. The van der Waals surface area contributed by atoms with E-state index in [1.54, 1.807) is 0 Å². The molecule has 0 radical (unpaired) electrons. The van der Waals surface area contributed by atoms with Gasteiger partial charge < -0.3 is 5.73 Å². The molecule has 0 bridgehead atoms. The molecular formula is C44H72N2. The lowest BCUT2D eigenvalue weighted by atomic mass is 9.81. The quantitative estimate of drug-likeness (QED) is 0.140. The molecule has 0 saturated heterocycles. The Hall–Kier alpha value is -2.67. The first kappa shape index (κ1) is 43.3. The largest absolute Gasteiger partial charge is 0.322 e. The summed E-state index contributed by atoms with van der Waals surface area (Å²) in [6, 6.07) is 8.31. The molecule has 0 amide bonds. The monoisotopic (exact) mass is 629 g/mol. The molecule has 2 nitrogen and oxygen atoms in total. The van der Waals surface area contributed by atoms with Crippen LogP contribution in [0.4, 0.5) is 0 Å². The molecule has 2 aliphatic rings. The van der Waals surface area contributed by atoms with E-state index in [1.165, 1.54) is 102 Å². The predicted molar refractivity (Wildman–Crippen MR) is 210 cm³/mol. The SMILES string of the molecule is C=C(C)C.C=C(C)CC.C=C=C(CCC1=CCCC=C1C(=NC)C(CCC)CCC)C1CCCC1.Cc1cccc(C(C)(C)N)c1. The molecule has 0 aromatic heterocycles. The van der Waals surface area contributed by atoms with Gasteiger partial charge in [-0.15, -0.1) is 18.9 Å². The van der Waals surface area contributed by atoms with Crippen molar-refractivity contribution in [2.45, 2.75) is 151 Å². The third kappa shape index (κ3) is 18.5. The Labute approximate surface area is 286 Å². The van der Waals surface area contributed by atoms with E-state index < -0.39 is 0 Å². The molecule has 1 aromatic carbocycles. The molecular weight excluding hydrogens is 556 g/mol. The summed E-state index contributed by atoms with van der Waals surface area (Å²) < 4.78 is 0. The number of aryl methyl sites for hydroxylation is 1. The zero-order valence-electron chi connectivity index (χ0n) is 32.0. The van der Waals surface area contributed by atoms with Crippen LogP contribution in [-0.4, -0.2) is 12.8 Å². The fraction of sp³-hybridized carbons (Fsp3) is 0.591. The minimum atomic E-state index is -0.216. The summed E-state index contributed by atoms with van der Waals surface area (Å²) in [6.45, 7) is 30.0. The summed E-state index contributed by atoms with van der Waals surface area (Å²) in [5.74, 6) is 1.36. The van der Waals surface area contributed by atoms with Gasteiger partial charge in [-0.1, -0.05) is 106 Å². The highest BCUT2D eigenvalue weighted by molar-refractivity contribution is 6.05. The maximum atomic E-state index is 5.93. The van der Waals surface area contributed by atoms with E-state index >= 15 is 0 Å². The number of benzene rings is 1. The van der Waals surface area contributed by atoms with Gasteiger partial charge in [0.15, 0.2) is 0 Å². The molecule has 3 rings (SSSR count). The molecule has 0 heterocycles. The van der Waals surface area contributed by atoms with Crippen LogP contribution in [0, 0.1) is 18.8 Å². The molecule has 46 heavy (non-hydrogen) atoms. The fourth-order valence-electron chi connectivity index (χ4n) is 5.90. The van der Waals surface area contributed by atoms with Crippen LogP contribution in [0.3, 0.4) is 0 Å². The molecule has 0 spiro atoms. The highest BCUT2D eigenvalue weighted by atomic mass is 14.7. The van der Waals surface area contributed by atoms with Gasteiger partial charge in [-0.3, -0.25) is 4.99 Å². The van der Waals surface area contributed by atoms with Gasteiger partial charge in [-0.2, -0.15) is 0 Å². The van der Waals surface area contributed by atoms with Crippen LogP contribution >= 0.6 is 0 Å². The molecule has 0 unspecified atom stereocenters. The number of allylic oxidation sites excluding steroid dienone is 7. The number of hydrogen-bond acceptors (Lipinski definition) is 2. The lowest BCUT2D eigenvalue weighted by molar-refractivity contribution is 0.554. The van der Waals surface area contributed by atoms with Crippen molar-refractivity contribution in [3.05, 3.63) is 101 Å². The van der Waals surface area contributed by atoms with E-state index in [-0.39, 0.29) is 5.54 Å². The number of aliphatic imine (C=N–C) groups is 1. The summed E-state index contributed by atoms with van der Waals surface area (Å²) in [5.41, 5.74) is 19.7. The first-order valence-electron chi connectivity index (χ1n) is 18.1. The third-order valence-corrected chi connectivity index (χ3v) is 8.53. The van der Waals surface area contributed by atoms with Crippen LogP contribution < -0.4 is 5.73 Å². The second kappa shape index (κ2) is 24.5. The van der Waals surface area contributed by atoms with Gasteiger partial charge in [-0.05, 0) is 128 Å². The van der Waals surface area contributed by atoms with Crippen molar-refractivity contribution in [1.82, 2.24) is 0 Å². The van der Waals surface area contributed by atoms with Crippen LogP contribution in [-0.2, 0) is 5.54 Å². The van der Waals surface area contributed by atoms with Gasteiger partial charge in [0.05, 0.1) is 0 Å². The van der Waals surface area contributed by atoms with E-state index in [0.29, 0.717) is 5.92 Å².